The zero-order valence-electron chi connectivity index (χ0n) is 9.10. The van der Waals surface area contributed by atoms with E-state index >= 15 is 0 Å². The molecule has 0 unspecified atom stereocenters. The Bertz CT molecular complexity index is 168. The van der Waals surface area contributed by atoms with Gasteiger partial charge in [0.25, 0.3) is 0 Å². The number of carbonyl (C=O) groups is 1. The monoisotopic (exact) mass is 276 g/mol. The van der Waals surface area contributed by atoms with Gasteiger partial charge in [-0.05, 0) is 6.42 Å². The van der Waals surface area contributed by atoms with E-state index in [-0.39, 0.29) is 24.8 Å². The van der Waals surface area contributed by atoms with Crippen molar-refractivity contribution in [1.29, 1.82) is 0 Å². The molecule has 0 bridgehead atoms. The van der Waals surface area contributed by atoms with Gasteiger partial charge in [0.2, 0.25) is 0 Å². The van der Waals surface area contributed by atoms with Gasteiger partial charge in [0.1, 0.15) is 0 Å². The average molecular weight is 277 g/mol. The minimum absolute atomic E-state index is 0.00782. The van der Waals surface area contributed by atoms with Crippen LogP contribution in [0.15, 0.2) is 0 Å². The van der Waals surface area contributed by atoms with Crippen molar-refractivity contribution in [3.8, 4) is 0 Å². The molecule has 0 heterocycles. The molecular formula is C9H18Cl2O5. The second-order valence-electron chi connectivity index (χ2n) is 2.91. The van der Waals surface area contributed by atoms with Crippen molar-refractivity contribution in [2.24, 2.45) is 0 Å². The standard InChI is InChI=1S/C5H9ClO3.C4H9ClO2/c1-9-5(8)2-4(7)3-6;5-3-4(7)1-2-6/h4,7H,2-3H2,1H3;4,6-7H,1-3H2/t2*4-/m11/s1. The van der Waals surface area contributed by atoms with E-state index in [0.717, 1.165) is 0 Å². The van der Waals surface area contributed by atoms with Gasteiger partial charge in [0.05, 0.1) is 25.7 Å². The molecule has 0 radical (unpaired) electrons. The third kappa shape index (κ3) is 13.9. The van der Waals surface area contributed by atoms with Crippen molar-refractivity contribution in [2.45, 2.75) is 25.0 Å². The van der Waals surface area contributed by atoms with E-state index in [2.05, 4.69) is 4.74 Å². The van der Waals surface area contributed by atoms with Gasteiger partial charge in [-0.3, -0.25) is 4.79 Å². The fourth-order valence-corrected chi connectivity index (χ4v) is 0.820. The molecule has 0 fully saturated rings. The van der Waals surface area contributed by atoms with Crippen LogP contribution < -0.4 is 0 Å². The second kappa shape index (κ2) is 13.0. The number of alkyl halides is 2. The zero-order chi connectivity index (χ0) is 13.0. The van der Waals surface area contributed by atoms with E-state index in [0.29, 0.717) is 6.42 Å². The molecule has 0 saturated carbocycles. The van der Waals surface area contributed by atoms with Crippen LogP contribution in [0.3, 0.4) is 0 Å². The molecule has 0 rings (SSSR count). The highest BCUT2D eigenvalue weighted by molar-refractivity contribution is 6.18. The van der Waals surface area contributed by atoms with Gasteiger partial charge < -0.3 is 20.1 Å². The molecule has 98 valence electrons. The van der Waals surface area contributed by atoms with Crippen molar-refractivity contribution >= 4 is 29.2 Å². The largest absolute Gasteiger partial charge is 0.469 e. The zero-order valence-corrected chi connectivity index (χ0v) is 10.6. The number of halogens is 2. The maximum atomic E-state index is 10.3. The average Bonchev–Trinajstić information content (AvgIpc) is 2.29. The molecule has 0 aliphatic heterocycles. The number of methoxy groups -OCH3 is 1. The molecule has 3 N–H and O–H groups in total. The van der Waals surface area contributed by atoms with E-state index in [1.165, 1.54) is 7.11 Å². The smallest absolute Gasteiger partial charge is 0.308 e. The van der Waals surface area contributed by atoms with E-state index in [1.807, 2.05) is 0 Å². The first kappa shape index (κ1) is 18.3. The maximum absolute atomic E-state index is 10.3. The Kier molecular flexibility index (Phi) is 14.9. The van der Waals surface area contributed by atoms with Gasteiger partial charge in [-0.25, -0.2) is 0 Å². The molecule has 0 amide bonds. The fraction of sp³-hybridized carbons (Fsp3) is 0.889. The molecule has 0 saturated heterocycles. The third-order valence-electron chi connectivity index (χ3n) is 1.45. The predicted molar refractivity (Wildman–Crippen MR) is 61.8 cm³/mol. The minimum atomic E-state index is -0.779. The van der Waals surface area contributed by atoms with E-state index in [9.17, 15) is 4.79 Å². The Balaban J connectivity index is 0. The van der Waals surface area contributed by atoms with Crippen molar-refractivity contribution in [2.75, 3.05) is 25.5 Å². The molecule has 0 aliphatic carbocycles. The summed E-state index contributed by atoms with van der Waals surface area (Å²) in [6.07, 6.45) is -0.963. The Hall–Kier alpha value is -0.0700. The van der Waals surface area contributed by atoms with Crippen molar-refractivity contribution in [3.05, 3.63) is 0 Å². The highest BCUT2D eigenvalue weighted by Crippen LogP contribution is 1.95. The fourth-order valence-electron chi connectivity index (χ4n) is 0.556. The second-order valence-corrected chi connectivity index (χ2v) is 3.53. The Morgan fingerprint density at radius 3 is 2.00 bits per heavy atom. The lowest BCUT2D eigenvalue weighted by Gasteiger charge is -2.02. The Morgan fingerprint density at radius 2 is 1.75 bits per heavy atom. The normalized spacial score (nSPS) is 13.4. The number of aliphatic hydroxyl groups excluding tert-OH is 3. The molecule has 0 aromatic rings. The molecule has 0 aliphatic rings. The van der Waals surface area contributed by atoms with Crippen LogP contribution in [0.1, 0.15) is 12.8 Å². The van der Waals surface area contributed by atoms with Crippen LogP contribution in [0.5, 0.6) is 0 Å². The summed E-state index contributed by atoms with van der Waals surface area (Å²) >= 11 is 10.4. The van der Waals surface area contributed by atoms with Gasteiger partial charge in [-0.2, -0.15) is 0 Å². The lowest BCUT2D eigenvalue weighted by Crippen LogP contribution is -2.15. The van der Waals surface area contributed by atoms with Crippen LogP contribution in [-0.4, -0.2) is 59.0 Å². The van der Waals surface area contributed by atoms with Crippen LogP contribution in [0.4, 0.5) is 0 Å². The van der Waals surface area contributed by atoms with Crippen molar-refractivity contribution < 1.29 is 24.9 Å². The first-order valence-corrected chi connectivity index (χ1v) is 5.74. The van der Waals surface area contributed by atoms with E-state index in [4.69, 9.17) is 38.5 Å². The molecular weight excluding hydrogens is 259 g/mol. The number of ether oxygens (including phenoxy) is 1. The number of rotatable bonds is 6. The summed E-state index contributed by atoms with van der Waals surface area (Å²) in [5.74, 6) is -0.168. The van der Waals surface area contributed by atoms with Gasteiger partial charge in [-0.1, -0.05) is 0 Å². The number of carbonyl (C=O) groups excluding carboxylic acids is 1. The topological polar surface area (TPSA) is 87.0 Å². The number of aliphatic hydroxyl groups is 3. The lowest BCUT2D eigenvalue weighted by atomic mass is 10.3. The molecule has 0 aromatic carbocycles. The number of hydrogen-bond donors (Lipinski definition) is 3. The SMILES string of the molecule is COC(=O)C[C@@H](O)CCl.OCC[C@@H](O)CCl. The first-order chi connectivity index (χ1) is 7.51. The minimum Gasteiger partial charge on any atom is -0.469 e. The molecule has 0 spiro atoms. The summed E-state index contributed by atoms with van der Waals surface area (Å²) in [7, 11) is 1.27. The lowest BCUT2D eigenvalue weighted by molar-refractivity contribution is -0.142. The third-order valence-corrected chi connectivity index (χ3v) is 2.16. The van der Waals surface area contributed by atoms with Gasteiger partial charge in [0.15, 0.2) is 0 Å². The molecule has 7 heteroatoms. The summed E-state index contributed by atoms with van der Waals surface area (Å²) in [4.78, 5) is 10.3. The summed E-state index contributed by atoms with van der Waals surface area (Å²) in [5.41, 5.74) is 0. The highest BCUT2D eigenvalue weighted by atomic mass is 35.5. The molecule has 2 atom stereocenters. The van der Waals surface area contributed by atoms with E-state index < -0.39 is 18.2 Å². The maximum Gasteiger partial charge on any atom is 0.308 e. The van der Waals surface area contributed by atoms with Crippen LogP contribution in [0.25, 0.3) is 0 Å². The van der Waals surface area contributed by atoms with Gasteiger partial charge in [-0.15, -0.1) is 23.2 Å². The number of hydrogen-bond acceptors (Lipinski definition) is 5. The van der Waals surface area contributed by atoms with Crippen LogP contribution >= 0.6 is 23.2 Å². The van der Waals surface area contributed by atoms with Crippen molar-refractivity contribution in [3.63, 3.8) is 0 Å². The Labute approximate surface area is 105 Å². The number of esters is 1. The van der Waals surface area contributed by atoms with E-state index in [1.54, 1.807) is 0 Å². The summed E-state index contributed by atoms with van der Waals surface area (Å²) in [5, 5.41) is 25.4. The molecule has 0 aromatic heterocycles. The molecule has 5 nitrogen and oxygen atoms in total. The Morgan fingerprint density at radius 1 is 1.25 bits per heavy atom. The molecule has 16 heavy (non-hydrogen) atoms. The van der Waals surface area contributed by atoms with Crippen LogP contribution in [0.2, 0.25) is 0 Å². The van der Waals surface area contributed by atoms with Crippen LogP contribution in [-0.2, 0) is 9.53 Å². The highest BCUT2D eigenvalue weighted by Gasteiger charge is 2.08. The first-order valence-electron chi connectivity index (χ1n) is 4.67. The van der Waals surface area contributed by atoms with Gasteiger partial charge in [0, 0.05) is 18.4 Å². The summed E-state index contributed by atoms with van der Waals surface area (Å²) in [6, 6.07) is 0. The summed E-state index contributed by atoms with van der Waals surface area (Å²) < 4.78 is 4.27. The predicted octanol–water partition coefficient (Wildman–Crippen LogP) is 0.118. The van der Waals surface area contributed by atoms with Crippen molar-refractivity contribution in [1.82, 2.24) is 0 Å². The quantitative estimate of drug-likeness (QED) is 0.474. The van der Waals surface area contributed by atoms with Gasteiger partial charge >= 0.3 is 5.97 Å². The summed E-state index contributed by atoms with van der Waals surface area (Å²) in [6.45, 7) is 0.00782. The van der Waals surface area contributed by atoms with Crippen LogP contribution in [0, 0.1) is 0 Å².